The molecule has 0 aliphatic heterocycles. The van der Waals surface area contributed by atoms with Gasteiger partial charge in [-0.05, 0) is 5.41 Å². The summed E-state index contributed by atoms with van der Waals surface area (Å²) in [6.45, 7) is 5.84. The zero-order valence-electron chi connectivity index (χ0n) is 8.14. The van der Waals surface area contributed by atoms with Crippen molar-refractivity contribution in [3.05, 3.63) is 0 Å². The van der Waals surface area contributed by atoms with Crippen molar-refractivity contribution in [2.75, 3.05) is 13.7 Å². The summed E-state index contributed by atoms with van der Waals surface area (Å²) < 4.78 is 0. The molecule has 0 aliphatic rings. The Morgan fingerprint density at radius 2 is 2.00 bits per heavy atom. The fourth-order valence-corrected chi connectivity index (χ4v) is 0.766. The van der Waals surface area contributed by atoms with E-state index in [0.717, 1.165) is 0 Å². The average molecular weight is 174 g/mol. The van der Waals surface area contributed by atoms with Gasteiger partial charge in [0.25, 0.3) is 0 Å². The smallest absolute Gasteiger partial charge is 0.314 e. The molecule has 0 saturated heterocycles. The lowest BCUT2D eigenvalue weighted by Crippen LogP contribution is -2.49. The molecular weight excluding hydrogens is 156 g/mol. The van der Waals surface area contributed by atoms with E-state index >= 15 is 0 Å². The third-order valence-electron chi connectivity index (χ3n) is 1.76. The summed E-state index contributed by atoms with van der Waals surface area (Å²) >= 11 is 0. The third kappa shape index (κ3) is 3.57. The van der Waals surface area contributed by atoms with E-state index in [1.54, 1.807) is 7.05 Å². The molecule has 0 spiro atoms. The maximum atomic E-state index is 10.9. The Morgan fingerprint density at radius 1 is 1.50 bits per heavy atom. The summed E-state index contributed by atoms with van der Waals surface area (Å²) in [4.78, 5) is 10.9. The van der Waals surface area contributed by atoms with Crippen molar-refractivity contribution in [2.24, 2.45) is 5.41 Å². The van der Waals surface area contributed by atoms with Gasteiger partial charge in [-0.3, -0.25) is 0 Å². The Hall–Kier alpha value is -0.770. The van der Waals surface area contributed by atoms with Gasteiger partial charge in [0.1, 0.15) is 0 Å². The average Bonchev–Trinajstić information content (AvgIpc) is 1.97. The number of nitrogens with one attached hydrogen (secondary N) is 2. The lowest BCUT2D eigenvalue weighted by molar-refractivity contribution is 0.159. The summed E-state index contributed by atoms with van der Waals surface area (Å²) in [7, 11) is 1.55. The van der Waals surface area contributed by atoms with Crippen LogP contribution in [0.15, 0.2) is 0 Å². The highest BCUT2D eigenvalue weighted by molar-refractivity contribution is 5.73. The van der Waals surface area contributed by atoms with Gasteiger partial charge in [0.15, 0.2) is 0 Å². The van der Waals surface area contributed by atoms with Crippen LogP contribution < -0.4 is 10.6 Å². The molecule has 12 heavy (non-hydrogen) atoms. The monoisotopic (exact) mass is 174 g/mol. The molecule has 72 valence electrons. The highest BCUT2D eigenvalue weighted by Gasteiger charge is 2.24. The molecule has 1 unspecified atom stereocenters. The maximum absolute atomic E-state index is 10.9. The molecule has 0 fully saturated rings. The van der Waals surface area contributed by atoms with Gasteiger partial charge in [-0.1, -0.05) is 20.8 Å². The van der Waals surface area contributed by atoms with Gasteiger partial charge in [-0.15, -0.1) is 0 Å². The minimum atomic E-state index is -0.260. The van der Waals surface area contributed by atoms with Crippen LogP contribution in [0.4, 0.5) is 4.79 Å². The fourth-order valence-electron chi connectivity index (χ4n) is 0.766. The quantitative estimate of drug-likeness (QED) is 0.564. The van der Waals surface area contributed by atoms with E-state index in [1.165, 1.54) is 0 Å². The zero-order valence-corrected chi connectivity index (χ0v) is 8.14. The molecule has 2 amide bonds. The molecule has 4 nitrogen and oxygen atoms in total. The van der Waals surface area contributed by atoms with Crippen LogP contribution in [0.25, 0.3) is 0 Å². The molecule has 0 bridgehead atoms. The van der Waals surface area contributed by atoms with Crippen molar-refractivity contribution in [2.45, 2.75) is 26.8 Å². The molecule has 0 radical (unpaired) electrons. The molecule has 0 aliphatic carbocycles. The maximum Gasteiger partial charge on any atom is 0.314 e. The van der Waals surface area contributed by atoms with Gasteiger partial charge in [0, 0.05) is 7.05 Å². The molecular formula is C8H18N2O2. The van der Waals surface area contributed by atoms with E-state index in [0.29, 0.717) is 0 Å². The lowest BCUT2D eigenvalue weighted by Gasteiger charge is -2.29. The molecule has 3 N–H and O–H groups in total. The Labute approximate surface area is 73.3 Å². The van der Waals surface area contributed by atoms with Gasteiger partial charge < -0.3 is 15.7 Å². The zero-order chi connectivity index (χ0) is 9.78. The van der Waals surface area contributed by atoms with Crippen LogP contribution >= 0.6 is 0 Å². The summed E-state index contributed by atoms with van der Waals surface area (Å²) in [5, 5.41) is 14.1. The molecule has 0 aromatic rings. The second-order valence-corrected chi connectivity index (χ2v) is 3.82. The van der Waals surface area contributed by atoms with Gasteiger partial charge in [-0.2, -0.15) is 0 Å². The molecule has 0 rings (SSSR count). The van der Waals surface area contributed by atoms with Crippen LogP contribution in [0.2, 0.25) is 0 Å². The topological polar surface area (TPSA) is 61.4 Å². The highest BCUT2D eigenvalue weighted by atomic mass is 16.3. The van der Waals surface area contributed by atoms with Crippen molar-refractivity contribution in [3.8, 4) is 0 Å². The van der Waals surface area contributed by atoms with Crippen LogP contribution in [0.3, 0.4) is 0 Å². The summed E-state index contributed by atoms with van der Waals surface area (Å²) in [6, 6.07) is -0.471. The van der Waals surface area contributed by atoms with Crippen LogP contribution in [0.5, 0.6) is 0 Å². The second kappa shape index (κ2) is 4.30. The Balaban J connectivity index is 4.09. The van der Waals surface area contributed by atoms with Crippen LogP contribution in [0, 0.1) is 5.41 Å². The van der Waals surface area contributed by atoms with Crippen LogP contribution in [0.1, 0.15) is 20.8 Å². The standard InChI is InChI=1S/C8H18N2O2/c1-8(2,3)6(5-11)10-7(12)9-4/h6,11H,5H2,1-4H3,(H2,9,10,12). The Morgan fingerprint density at radius 3 is 2.25 bits per heavy atom. The predicted molar refractivity (Wildman–Crippen MR) is 47.9 cm³/mol. The number of amides is 2. The van der Waals surface area contributed by atoms with E-state index in [4.69, 9.17) is 5.11 Å². The summed E-state index contributed by atoms with van der Waals surface area (Å²) in [5.41, 5.74) is -0.124. The van der Waals surface area contributed by atoms with Gasteiger partial charge in [0.2, 0.25) is 0 Å². The van der Waals surface area contributed by atoms with Crippen molar-refractivity contribution in [1.82, 2.24) is 10.6 Å². The first-order valence-electron chi connectivity index (χ1n) is 4.01. The number of aliphatic hydroxyl groups excluding tert-OH is 1. The predicted octanol–water partition coefficient (Wildman–Crippen LogP) is 0.322. The van der Waals surface area contributed by atoms with E-state index in [1.807, 2.05) is 20.8 Å². The van der Waals surface area contributed by atoms with Crippen LogP contribution in [-0.4, -0.2) is 30.8 Å². The van der Waals surface area contributed by atoms with Gasteiger partial charge >= 0.3 is 6.03 Å². The number of hydrogen-bond acceptors (Lipinski definition) is 2. The number of urea groups is 1. The second-order valence-electron chi connectivity index (χ2n) is 3.82. The first-order chi connectivity index (χ1) is 5.41. The number of carbonyl (C=O) groups excluding carboxylic acids is 1. The largest absolute Gasteiger partial charge is 0.394 e. The van der Waals surface area contributed by atoms with E-state index < -0.39 is 0 Å². The molecule has 0 saturated carbocycles. The molecule has 0 aromatic carbocycles. The highest BCUT2D eigenvalue weighted by Crippen LogP contribution is 2.18. The number of aliphatic hydroxyl groups is 1. The molecule has 0 aromatic heterocycles. The third-order valence-corrected chi connectivity index (χ3v) is 1.76. The SMILES string of the molecule is CNC(=O)NC(CO)C(C)(C)C. The fraction of sp³-hybridized carbons (Fsp3) is 0.875. The minimum Gasteiger partial charge on any atom is -0.394 e. The Kier molecular flexibility index (Phi) is 4.03. The van der Waals surface area contributed by atoms with Gasteiger partial charge in [-0.25, -0.2) is 4.79 Å². The van der Waals surface area contributed by atoms with Crippen molar-refractivity contribution >= 4 is 6.03 Å². The van der Waals surface area contributed by atoms with Crippen LogP contribution in [-0.2, 0) is 0 Å². The number of carbonyl (C=O) groups is 1. The van der Waals surface area contributed by atoms with Crippen molar-refractivity contribution < 1.29 is 9.90 Å². The minimum absolute atomic E-state index is 0.0447. The molecule has 4 heteroatoms. The number of hydrogen-bond donors (Lipinski definition) is 3. The molecule has 0 heterocycles. The van der Waals surface area contributed by atoms with E-state index in [2.05, 4.69) is 10.6 Å². The van der Waals surface area contributed by atoms with Crippen molar-refractivity contribution in [3.63, 3.8) is 0 Å². The van der Waals surface area contributed by atoms with E-state index in [-0.39, 0.29) is 24.1 Å². The van der Waals surface area contributed by atoms with Crippen molar-refractivity contribution in [1.29, 1.82) is 0 Å². The Bertz CT molecular complexity index is 152. The first-order valence-corrected chi connectivity index (χ1v) is 4.01. The molecule has 1 atom stereocenters. The van der Waals surface area contributed by atoms with Gasteiger partial charge in [0.05, 0.1) is 12.6 Å². The first kappa shape index (κ1) is 11.2. The number of rotatable bonds is 2. The lowest BCUT2D eigenvalue weighted by atomic mass is 9.87. The van der Waals surface area contributed by atoms with E-state index in [9.17, 15) is 4.79 Å². The normalized spacial score (nSPS) is 13.8. The summed E-state index contributed by atoms with van der Waals surface area (Å²) in [6.07, 6.45) is 0. The summed E-state index contributed by atoms with van der Waals surface area (Å²) in [5.74, 6) is 0.